The quantitative estimate of drug-likeness (QED) is 0.769. The fourth-order valence-corrected chi connectivity index (χ4v) is 2.37. The van der Waals surface area contributed by atoms with Crippen molar-refractivity contribution in [2.24, 2.45) is 0 Å². The third-order valence-corrected chi connectivity index (χ3v) is 3.23. The molecule has 1 heterocycles. The molecular weight excluding hydrogens is 251 g/mol. The highest BCUT2D eigenvalue weighted by Crippen LogP contribution is 2.29. The van der Waals surface area contributed by atoms with E-state index in [1.807, 2.05) is 6.07 Å². The lowest BCUT2D eigenvalue weighted by atomic mass is 10.1. The minimum absolute atomic E-state index is 0.217. The second-order valence-corrected chi connectivity index (χ2v) is 4.87. The molecule has 0 aliphatic carbocycles. The highest BCUT2D eigenvalue weighted by molar-refractivity contribution is 5.74. The SMILES string of the molecule is CCCN(CCC)c1cccnc1-c1ccc(F)cc1. The Bertz CT molecular complexity index is 531. The predicted molar refractivity (Wildman–Crippen MR) is 82.4 cm³/mol. The van der Waals surface area contributed by atoms with Crippen molar-refractivity contribution in [3.63, 3.8) is 0 Å². The van der Waals surface area contributed by atoms with Crippen LogP contribution in [0.4, 0.5) is 10.1 Å². The van der Waals surface area contributed by atoms with Crippen molar-refractivity contribution in [3.8, 4) is 11.3 Å². The Kier molecular flexibility index (Phi) is 5.10. The second-order valence-electron chi connectivity index (χ2n) is 4.87. The van der Waals surface area contributed by atoms with Gasteiger partial charge in [-0.25, -0.2) is 4.39 Å². The summed E-state index contributed by atoms with van der Waals surface area (Å²) < 4.78 is 13.1. The zero-order valence-electron chi connectivity index (χ0n) is 12.1. The molecule has 1 aromatic heterocycles. The number of anilines is 1. The van der Waals surface area contributed by atoms with Crippen LogP contribution in [0.25, 0.3) is 11.3 Å². The highest BCUT2D eigenvalue weighted by Gasteiger charge is 2.12. The number of halogens is 1. The topological polar surface area (TPSA) is 16.1 Å². The normalized spacial score (nSPS) is 10.6. The van der Waals surface area contributed by atoms with E-state index in [4.69, 9.17) is 0 Å². The van der Waals surface area contributed by atoms with Crippen molar-refractivity contribution in [1.82, 2.24) is 4.98 Å². The average molecular weight is 272 g/mol. The van der Waals surface area contributed by atoms with Crippen molar-refractivity contribution in [3.05, 3.63) is 48.4 Å². The third kappa shape index (κ3) is 3.35. The summed E-state index contributed by atoms with van der Waals surface area (Å²) in [6.07, 6.45) is 3.98. The van der Waals surface area contributed by atoms with Crippen molar-refractivity contribution in [1.29, 1.82) is 0 Å². The Morgan fingerprint density at radius 2 is 1.65 bits per heavy atom. The Hall–Kier alpha value is -1.90. The molecule has 0 N–H and O–H groups in total. The molecule has 1 aromatic carbocycles. The van der Waals surface area contributed by atoms with Crippen molar-refractivity contribution < 1.29 is 4.39 Å². The van der Waals surface area contributed by atoms with Gasteiger partial charge in [-0.1, -0.05) is 13.8 Å². The van der Waals surface area contributed by atoms with Crippen LogP contribution in [-0.2, 0) is 0 Å². The summed E-state index contributed by atoms with van der Waals surface area (Å²) >= 11 is 0. The van der Waals surface area contributed by atoms with Crippen LogP contribution in [0.5, 0.6) is 0 Å². The second kappa shape index (κ2) is 7.04. The first kappa shape index (κ1) is 14.5. The molecule has 0 atom stereocenters. The lowest BCUT2D eigenvalue weighted by Crippen LogP contribution is -2.25. The third-order valence-electron chi connectivity index (χ3n) is 3.23. The van der Waals surface area contributed by atoms with Gasteiger partial charge in [-0.3, -0.25) is 4.98 Å². The van der Waals surface area contributed by atoms with Crippen LogP contribution in [0.1, 0.15) is 26.7 Å². The first-order valence-electron chi connectivity index (χ1n) is 7.22. The number of nitrogens with zero attached hydrogens (tertiary/aromatic N) is 2. The maximum Gasteiger partial charge on any atom is 0.123 e. The summed E-state index contributed by atoms with van der Waals surface area (Å²) in [7, 11) is 0. The lowest BCUT2D eigenvalue weighted by Gasteiger charge is -2.25. The molecule has 0 amide bonds. The molecule has 0 bridgehead atoms. The van der Waals surface area contributed by atoms with Crippen LogP contribution in [0, 0.1) is 5.82 Å². The molecule has 2 nitrogen and oxygen atoms in total. The van der Waals surface area contributed by atoms with Gasteiger partial charge in [0, 0.05) is 24.8 Å². The molecule has 2 aromatic rings. The van der Waals surface area contributed by atoms with E-state index >= 15 is 0 Å². The Morgan fingerprint density at radius 1 is 1.00 bits per heavy atom. The largest absolute Gasteiger partial charge is 0.370 e. The molecule has 2 rings (SSSR count). The minimum Gasteiger partial charge on any atom is -0.370 e. The van der Waals surface area contributed by atoms with Crippen molar-refractivity contribution in [2.75, 3.05) is 18.0 Å². The zero-order valence-corrected chi connectivity index (χ0v) is 12.1. The zero-order chi connectivity index (χ0) is 14.4. The molecule has 0 fully saturated rings. The van der Waals surface area contributed by atoms with Gasteiger partial charge in [-0.05, 0) is 49.2 Å². The molecule has 0 radical (unpaired) electrons. The molecule has 0 spiro atoms. The lowest BCUT2D eigenvalue weighted by molar-refractivity contribution is 0.628. The van der Waals surface area contributed by atoms with Crippen LogP contribution >= 0.6 is 0 Å². The standard InChI is InChI=1S/C17H21FN2/c1-3-12-20(13-4-2)16-6-5-11-19-17(16)14-7-9-15(18)10-8-14/h5-11H,3-4,12-13H2,1-2H3. The maximum absolute atomic E-state index is 13.1. The van der Waals surface area contributed by atoms with Gasteiger partial charge in [-0.2, -0.15) is 0 Å². The summed E-state index contributed by atoms with van der Waals surface area (Å²) in [5, 5.41) is 0. The molecule has 20 heavy (non-hydrogen) atoms. The number of rotatable bonds is 6. The Morgan fingerprint density at radius 3 is 2.25 bits per heavy atom. The van der Waals surface area contributed by atoms with E-state index in [9.17, 15) is 4.39 Å². The van der Waals surface area contributed by atoms with Gasteiger partial charge in [0.15, 0.2) is 0 Å². The fourth-order valence-electron chi connectivity index (χ4n) is 2.37. The Labute approximate surface area is 120 Å². The Balaban J connectivity index is 2.40. The molecule has 0 aliphatic heterocycles. The average Bonchev–Trinajstić information content (AvgIpc) is 2.48. The van der Waals surface area contributed by atoms with E-state index in [0.717, 1.165) is 42.9 Å². The van der Waals surface area contributed by atoms with E-state index in [0.29, 0.717) is 0 Å². The van der Waals surface area contributed by atoms with Gasteiger partial charge in [0.25, 0.3) is 0 Å². The summed E-state index contributed by atoms with van der Waals surface area (Å²) in [6.45, 7) is 6.37. The summed E-state index contributed by atoms with van der Waals surface area (Å²) in [5.74, 6) is -0.217. The van der Waals surface area contributed by atoms with Gasteiger partial charge in [0.2, 0.25) is 0 Å². The fraction of sp³-hybridized carbons (Fsp3) is 0.353. The minimum atomic E-state index is -0.217. The molecular formula is C17H21FN2. The molecule has 3 heteroatoms. The van der Waals surface area contributed by atoms with E-state index in [-0.39, 0.29) is 5.82 Å². The number of benzene rings is 1. The first-order chi connectivity index (χ1) is 9.76. The molecule has 0 aliphatic rings. The molecule has 0 saturated heterocycles. The van der Waals surface area contributed by atoms with E-state index in [1.54, 1.807) is 18.3 Å². The summed E-state index contributed by atoms with van der Waals surface area (Å²) in [5.41, 5.74) is 3.01. The van der Waals surface area contributed by atoms with E-state index in [2.05, 4.69) is 29.8 Å². The molecule has 0 saturated carbocycles. The predicted octanol–water partition coefficient (Wildman–Crippen LogP) is 4.51. The van der Waals surface area contributed by atoms with Crippen LogP contribution in [0.2, 0.25) is 0 Å². The van der Waals surface area contributed by atoms with Gasteiger partial charge in [0.1, 0.15) is 5.82 Å². The van der Waals surface area contributed by atoms with Crippen LogP contribution in [-0.4, -0.2) is 18.1 Å². The van der Waals surface area contributed by atoms with Gasteiger partial charge >= 0.3 is 0 Å². The number of pyridine rings is 1. The monoisotopic (exact) mass is 272 g/mol. The highest BCUT2D eigenvalue weighted by atomic mass is 19.1. The van der Waals surface area contributed by atoms with Crippen molar-refractivity contribution in [2.45, 2.75) is 26.7 Å². The molecule has 0 unspecified atom stereocenters. The van der Waals surface area contributed by atoms with E-state index in [1.165, 1.54) is 12.1 Å². The first-order valence-corrected chi connectivity index (χ1v) is 7.22. The van der Waals surface area contributed by atoms with Crippen molar-refractivity contribution >= 4 is 5.69 Å². The van der Waals surface area contributed by atoms with Gasteiger partial charge < -0.3 is 4.90 Å². The van der Waals surface area contributed by atoms with Crippen LogP contribution in [0.15, 0.2) is 42.6 Å². The maximum atomic E-state index is 13.1. The van der Waals surface area contributed by atoms with Gasteiger partial charge in [-0.15, -0.1) is 0 Å². The van der Waals surface area contributed by atoms with Crippen LogP contribution < -0.4 is 4.90 Å². The van der Waals surface area contributed by atoms with E-state index < -0.39 is 0 Å². The van der Waals surface area contributed by atoms with Crippen LogP contribution in [0.3, 0.4) is 0 Å². The summed E-state index contributed by atoms with van der Waals surface area (Å²) in [4.78, 5) is 6.85. The van der Waals surface area contributed by atoms with Gasteiger partial charge in [0.05, 0.1) is 11.4 Å². The number of hydrogen-bond donors (Lipinski definition) is 0. The smallest absolute Gasteiger partial charge is 0.123 e. The number of aromatic nitrogens is 1. The summed E-state index contributed by atoms with van der Waals surface area (Å²) in [6, 6.07) is 10.6. The molecule has 106 valence electrons. The number of hydrogen-bond acceptors (Lipinski definition) is 2.